The Morgan fingerprint density at radius 3 is 2.58 bits per heavy atom. The van der Waals surface area contributed by atoms with E-state index in [9.17, 15) is 4.79 Å². The van der Waals surface area contributed by atoms with Crippen LogP contribution in [-0.2, 0) is 0 Å². The third-order valence-corrected chi connectivity index (χ3v) is 1.87. The van der Waals surface area contributed by atoms with E-state index >= 15 is 0 Å². The van der Waals surface area contributed by atoms with Gasteiger partial charge >= 0.3 is 0 Å². The van der Waals surface area contributed by atoms with Crippen molar-refractivity contribution in [2.45, 2.75) is 6.92 Å². The molecule has 0 spiro atoms. The smallest absolute Gasteiger partial charge is 0.271 e. The minimum absolute atomic E-state index is 0. The highest BCUT2D eigenvalue weighted by Gasteiger charge is 2.07. The van der Waals surface area contributed by atoms with Gasteiger partial charge < -0.3 is 0 Å². The summed E-state index contributed by atoms with van der Waals surface area (Å²) in [6.07, 6.45) is 0. The molecule has 0 aliphatic rings. The lowest BCUT2D eigenvalue weighted by Crippen LogP contribution is -1.97. The minimum Gasteiger partial charge on any atom is -0.274 e. The summed E-state index contributed by atoms with van der Waals surface area (Å²) in [5.74, 6) is 0. The van der Waals surface area contributed by atoms with Crippen LogP contribution >= 0.6 is 39.9 Å². The maximum Gasteiger partial charge on any atom is 0.271 e. The van der Waals surface area contributed by atoms with Crippen LogP contribution in [0.15, 0.2) is 16.7 Å². The van der Waals surface area contributed by atoms with Crippen LogP contribution in [0.1, 0.15) is 16.1 Å². The van der Waals surface area contributed by atoms with Crippen molar-refractivity contribution in [2.75, 3.05) is 0 Å². The van der Waals surface area contributed by atoms with Gasteiger partial charge in [-0.05, 0) is 46.1 Å². The monoisotopic (exact) mass is 269 g/mol. The molecule has 2 nitrogen and oxygen atoms in total. The molecule has 0 N–H and O–H groups in total. The van der Waals surface area contributed by atoms with Crippen molar-refractivity contribution in [2.24, 2.45) is 0 Å². The molecule has 0 atom stereocenters. The molecule has 5 heteroatoms. The molecule has 0 fully saturated rings. The predicted octanol–water partition coefficient (Wildman–Crippen LogP) is 2.95. The summed E-state index contributed by atoms with van der Waals surface area (Å²) in [6, 6.07) is 3.55. The largest absolute Gasteiger partial charge is 0.274 e. The number of hydrogen-bond donors (Lipinski definition) is 0. The predicted molar refractivity (Wildman–Crippen MR) is 54.1 cm³/mol. The van der Waals surface area contributed by atoms with E-state index in [-0.39, 0.29) is 12.4 Å². The first-order valence-electron chi connectivity index (χ1n) is 2.94. The normalized spacial score (nSPS) is 8.92. The molecular formula is C7H6BrCl2NO. The number of aromatic nitrogens is 1. The summed E-state index contributed by atoms with van der Waals surface area (Å²) >= 11 is 8.40. The van der Waals surface area contributed by atoms with Gasteiger partial charge in [-0.15, -0.1) is 12.4 Å². The average Bonchev–Trinajstić information content (AvgIpc) is 1.94. The van der Waals surface area contributed by atoms with Crippen LogP contribution in [0.3, 0.4) is 0 Å². The lowest BCUT2D eigenvalue weighted by Gasteiger charge is -1.98. The van der Waals surface area contributed by atoms with E-state index in [2.05, 4.69) is 20.9 Å². The van der Waals surface area contributed by atoms with Gasteiger partial charge in [-0.2, -0.15) is 0 Å². The lowest BCUT2D eigenvalue weighted by atomic mass is 10.2. The average molecular weight is 271 g/mol. The molecule has 1 aromatic heterocycles. The van der Waals surface area contributed by atoms with Crippen LogP contribution in [-0.4, -0.2) is 10.2 Å². The number of carbonyl (C=O) groups is 1. The lowest BCUT2D eigenvalue weighted by molar-refractivity contribution is 0.107. The van der Waals surface area contributed by atoms with Gasteiger partial charge in [0, 0.05) is 0 Å². The zero-order valence-corrected chi connectivity index (χ0v) is 9.33. The van der Waals surface area contributed by atoms with E-state index in [4.69, 9.17) is 11.6 Å². The number of halogens is 3. The fraction of sp³-hybridized carbons (Fsp3) is 0.143. The van der Waals surface area contributed by atoms with Gasteiger partial charge in [0.25, 0.3) is 5.24 Å². The van der Waals surface area contributed by atoms with E-state index in [1.807, 2.05) is 0 Å². The SMILES string of the molecule is Cc1ccc(Br)nc1C(=O)Cl.Cl. The first-order valence-corrected chi connectivity index (χ1v) is 4.11. The molecule has 0 bridgehead atoms. The van der Waals surface area contributed by atoms with Crippen molar-refractivity contribution < 1.29 is 4.79 Å². The van der Waals surface area contributed by atoms with E-state index in [0.29, 0.717) is 10.3 Å². The van der Waals surface area contributed by atoms with Gasteiger partial charge in [-0.1, -0.05) is 6.07 Å². The summed E-state index contributed by atoms with van der Waals surface area (Å²) in [4.78, 5) is 14.6. The van der Waals surface area contributed by atoms with Gasteiger partial charge in [0.1, 0.15) is 10.3 Å². The Morgan fingerprint density at radius 1 is 1.58 bits per heavy atom. The Kier molecular flexibility index (Phi) is 4.75. The number of hydrogen-bond acceptors (Lipinski definition) is 2. The quantitative estimate of drug-likeness (QED) is 0.580. The second-order valence-corrected chi connectivity index (χ2v) is 3.23. The molecule has 0 unspecified atom stereocenters. The summed E-state index contributed by atoms with van der Waals surface area (Å²) < 4.78 is 0.618. The standard InChI is InChI=1S/C7H5BrClNO.ClH/c1-4-2-3-5(8)10-6(4)7(9)11;/h2-3H,1H3;1H. The molecule has 0 aliphatic heterocycles. The summed E-state index contributed by atoms with van der Waals surface area (Å²) in [5.41, 5.74) is 1.09. The van der Waals surface area contributed by atoms with Crippen molar-refractivity contribution in [1.29, 1.82) is 0 Å². The van der Waals surface area contributed by atoms with Crippen LogP contribution < -0.4 is 0 Å². The van der Waals surface area contributed by atoms with Gasteiger partial charge in [0.2, 0.25) is 0 Å². The Hall–Kier alpha value is -0.120. The van der Waals surface area contributed by atoms with Crippen molar-refractivity contribution in [3.8, 4) is 0 Å². The summed E-state index contributed by atoms with van der Waals surface area (Å²) in [7, 11) is 0. The fourth-order valence-corrected chi connectivity index (χ4v) is 1.20. The second-order valence-electron chi connectivity index (χ2n) is 2.07. The van der Waals surface area contributed by atoms with Crippen molar-refractivity contribution in [3.05, 3.63) is 28.0 Å². The maximum atomic E-state index is 10.7. The molecule has 1 aromatic rings. The van der Waals surface area contributed by atoms with Crippen LogP contribution in [0.2, 0.25) is 0 Å². The molecule has 0 aliphatic carbocycles. The van der Waals surface area contributed by atoms with Gasteiger partial charge in [-0.25, -0.2) is 4.98 Å². The molecule has 0 saturated heterocycles. The third kappa shape index (κ3) is 2.73. The first-order chi connectivity index (χ1) is 5.11. The molecule has 0 saturated carbocycles. The number of rotatable bonds is 1. The molecular weight excluding hydrogens is 265 g/mol. The van der Waals surface area contributed by atoms with Crippen LogP contribution in [0, 0.1) is 6.92 Å². The Bertz CT molecular complexity index is 303. The highest BCUT2D eigenvalue weighted by Crippen LogP contribution is 2.12. The van der Waals surface area contributed by atoms with Gasteiger partial charge in [-0.3, -0.25) is 4.79 Å². The van der Waals surface area contributed by atoms with E-state index in [0.717, 1.165) is 5.56 Å². The van der Waals surface area contributed by atoms with Crippen molar-refractivity contribution in [3.63, 3.8) is 0 Å². The summed E-state index contributed by atoms with van der Waals surface area (Å²) in [6.45, 7) is 1.79. The Morgan fingerprint density at radius 2 is 2.17 bits per heavy atom. The molecule has 0 amide bonds. The molecule has 0 aromatic carbocycles. The molecule has 1 rings (SSSR count). The van der Waals surface area contributed by atoms with Gasteiger partial charge in [0.05, 0.1) is 0 Å². The minimum atomic E-state index is -0.524. The number of nitrogens with zero attached hydrogens (tertiary/aromatic N) is 1. The Balaban J connectivity index is 0.00000121. The first kappa shape index (κ1) is 11.9. The zero-order chi connectivity index (χ0) is 8.43. The van der Waals surface area contributed by atoms with Crippen LogP contribution in [0.4, 0.5) is 0 Å². The number of pyridine rings is 1. The van der Waals surface area contributed by atoms with Gasteiger partial charge in [0.15, 0.2) is 0 Å². The van der Waals surface area contributed by atoms with E-state index in [1.165, 1.54) is 0 Å². The van der Waals surface area contributed by atoms with Crippen molar-refractivity contribution >= 4 is 45.2 Å². The molecule has 66 valence electrons. The Labute approximate surface area is 89.9 Å². The van der Waals surface area contributed by atoms with Crippen LogP contribution in [0.5, 0.6) is 0 Å². The molecule has 0 radical (unpaired) electrons. The highest BCUT2D eigenvalue weighted by atomic mass is 79.9. The van der Waals surface area contributed by atoms with Crippen LogP contribution in [0.25, 0.3) is 0 Å². The highest BCUT2D eigenvalue weighted by molar-refractivity contribution is 9.10. The van der Waals surface area contributed by atoms with Crippen molar-refractivity contribution in [1.82, 2.24) is 4.98 Å². The maximum absolute atomic E-state index is 10.7. The summed E-state index contributed by atoms with van der Waals surface area (Å²) in [5, 5.41) is -0.524. The third-order valence-electron chi connectivity index (χ3n) is 1.25. The van der Waals surface area contributed by atoms with E-state index < -0.39 is 5.24 Å². The topological polar surface area (TPSA) is 30.0 Å². The number of carbonyl (C=O) groups excluding carboxylic acids is 1. The second kappa shape index (κ2) is 4.80. The number of aryl methyl sites for hydroxylation is 1. The fourth-order valence-electron chi connectivity index (χ4n) is 0.704. The zero-order valence-electron chi connectivity index (χ0n) is 6.17. The molecule has 12 heavy (non-hydrogen) atoms. The van der Waals surface area contributed by atoms with E-state index in [1.54, 1.807) is 19.1 Å². The molecule has 1 heterocycles.